The van der Waals surface area contributed by atoms with Crippen molar-refractivity contribution in [2.45, 2.75) is 233 Å². The SMILES string of the molecule is CCC(C)(C)c1cc(C(C)(C)CC)c2cc(C3(P(O)(O)(O)c4cc5c(C(C)(C)CC)cc(C(C)(C)CC)cc5cc4C(C)(C)CC)CCCCC3C)c(C(C)(C)CC)cc2c1. The zero-order chi connectivity index (χ0) is 46.2. The molecule has 4 aromatic carbocycles. The number of hydrogen-bond acceptors (Lipinski definition) is 3. The van der Waals surface area contributed by atoms with Crippen molar-refractivity contribution in [2.24, 2.45) is 5.92 Å². The molecule has 0 amide bonds. The first-order chi connectivity index (χ1) is 27.9. The molecule has 0 spiro atoms. The van der Waals surface area contributed by atoms with Crippen LogP contribution in [0, 0.1) is 5.92 Å². The van der Waals surface area contributed by atoms with E-state index in [1.54, 1.807) is 0 Å². The van der Waals surface area contributed by atoms with Crippen LogP contribution in [-0.4, -0.2) is 14.7 Å². The molecule has 4 heteroatoms. The van der Waals surface area contributed by atoms with Gasteiger partial charge < -0.3 is 0 Å². The van der Waals surface area contributed by atoms with Gasteiger partial charge in [0, 0.05) is 0 Å². The molecular weight excluding hydrogens is 764 g/mol. The molecule has 3 N–H and O–H groups in total. The summed E-state index contributed by atoms with van der Waals surface area (Å²) in [4.78, 5) is 42.5. The van der Waals surface area contributed by atoms with Crippen LogP contribution in [0.15, 0.2) is 48.5 Å². The molecule has 1 fully saturated rings. The molecule has 0 bridgehead atoms. The van der Waals surface area contributed by atoms with Gasteiger partial charge in [-0.25, -0.2) is 0 Å². The van der Waals surface area contributed by atoms with Crippen molar-refractivity contribution >= 4 is 34.1 Å². The van der Waals surface area contributed by atoms with E-state index < -0.39 is 17.9 Å². The van der Waals surface area contributed by atoms with Gasteiger partial charge in [0.2, 0.25) is 0 Å². The van der Waals surface area contributed by atoms with Gasteiger partial charge in [-0.2, -0.15) is 0 Å². The molecule has 4 aromatic rings. The van der Waals surface area contributed by atoms with Crippen molar-refractivity contribution in [2.75, 3.05) is 0 Å². The van der Waals surface area contributed by atoms with Crippen molar-refractivity contribution in [3.63, 3.8) is 0 Å². The van der Waals surface area contributed by atoms with Gasteiger partial charge in [0.25, 0.3) is 0 Å². The van der Waals surface area contributed by atoms with Crippen molar-refractivity contribution in [3.8, 4) is 0 Å². The first kappa shape index (κ1) is 49.7. The molecule has 3 nitrogen and oxygen atoms in total. The topological polar surface area (TPSA) is 60.7 Å². The van der Waals surface area contributed by atoms with Crippen LogP contribution in [0.5, 0.6) is 0 Å². The molecule has 0 saturated heterocycles. The summed E-state index contributed by atoms with van der Waals surface area (Å²) in [6.07, 6.45) is 8.71. The molecule has 1 aliphatic carbocycles. The van der Waals surface area contributed by atoms with E-state index in [1.807, 2.05) is 0 Å². The van der Waals surface area contributed by atoms with E-state index in [0.29, 0.717) is 11.7 Å². The second kappa shape index (κ2) is 16.3. The molecule has 5 rings (SSSR count). The number of rotatable bonds is 15. The summed E-state index contributed by atoms with van der Waals surface area (Å²) in [5.74, 6) is -0.198. The molecule has 0 aromatic heterocycles. The zero-order valence-electron chi connectivity index (χ0n) is 42.6. The van der Waals surface area contributed by atoms with Gasteiger partial charge >= 0.3 is 376 Å². The predicted molar refractivity (Wildman–Crippen MR) is 270 cm³/mol. The van der Waals surface area contributed by atoms with E-state index in [2.05, 4.69) is 180 Å². The summed E-state index contributed by atoms with van der Waals surface area (Å²) in [6, 6.07) is 18.7. The fraction of sp³-hybridized carbons (Fsp3) is 0.649. The van der Waals surface area contributed by atoms with Gasteiger partial charge in [0.1, 0.15) is 0 Å². The third-order valence-electron chi connectivity index (χ3n) is 17.8. The third-order valence-corrected chi connectivity index (χ3v) is 21.5. The number of hydrogen-bond donors (Lipinski definition) is 3. The number of benzene rings is 4. The standard InChI is InChI=1S/C57H89O3P/c1-20-51(8,9)41-30-39-32-47(55(16,17)24-5)48(36-43(39)45(34-41)53(12,13)22-3)57(29-27-26-28-38(57)7)61(58,59,60)50-37-44-40(33-49(50)56(18,19)25-6)31-42(52(10,11)21-2)35-46(44)54(14,15)23-4/h30-38,58-60H,20-29H2,1-19H3. The van der Waals surface area contributed by atoms with Gasteiger partial charge in [-0.1, -0.05) is 0 Å². The van der Waals surface area contributed by atoms with Crippen molar-refractivity contribution in [1.82, 2.24) is 0 Å². The molecule has 1 aliphatic rings. The summed E-state index contributed by atoms with van der Waals surface area (Å²) in [5, 5.41) is 3.55. The van der Waals surface area contributed by atoms with Crippen molar-refractivity contribution in [3.05, 3.63) is 87.5 Å². The van der Waals surface area contributed by atoms with Gasteiger partial charge in [-0.15, -0.1) is 0 Å². The Balaban J connectivity index is 2.08. The molecule has 2 unspecified atom stereocenters. The van der Waals surface area contributed by atoms with Crippen LogP contribution in [0.3, 0.4) is 0 Å². The van der Waals surface area contributed by atoms with Gasteiger partial charge in [0.05, 0.1) is 0 Å². The van der Waals surface area contributed by atoms with E-state index >= 15 is 0 Å². The average Bonchev–Trinajstić information content (AvgIpc) is 3.21. The summed E-state index contributed by atoms with van der Waals surface area (Å²) < 4.78 is 0. The van der Waals surface area contributed by atoms with Crippen molar-refractivity contribution in [1.29, 1.82) is 0 Å². The second-order valence-corrected chi connectivity index (χ2v) is 27.0. The molecule has 1 saturated carbocycles. The van der Waals surface area contributed by atoms with Crippen LogP contribution >= 0.6 is 7.28 Å². The normalized spacial score (nSPS) is 19.7. The molecule has 2 atom stereocenters. The molecule has 0 heterocycles. The van der Waals surface area contributed by atoms with Gasteiger partial charge in [-0.3, -0.25) is 0 Å². The summed E-state index contributed by atoms with van der Waals surface area (Å²) in [7, 11) is -5.94. The van der Waals surface area contributed by atoms with Crippen LogP contribution < -0.4 is 5.30 Å². The Bertz CT molecular complexity index is 2260. The average molecular weight is 853 g/mol. The third kappa shape index (κ3) is 8.21. The zero-order valence-corrected chi connectivity index (χ0v) is 43.5. The summed E-state index contributed by atoms with van der Waals surface area (Å²) >= 11 is 0. The minimum atomic E-state index is -5.94. The molecule has 340 valence electrons. The number of fused-ring (bicyclic) bond motifs is 2. The summed E-state index contributed by atoms with van der Waals surface area (Å²) in [5.41, 5.74) is 6.97. The maximum atomic E-state index is 14.2. The monoisotopic (exact) mass is 853 g/mol. The Labute approximate surface area is 374 Å². The van der Waals surface area contributed by atoms with Gasteiger partial charge in [0.15, 0.2) is 0 Å². The first-order valence-electron chi connectivity index (χ1n) is 24.4. The van der Waals surface area contributed by atoms with Crippen LogP contribution in [-0.2, 0) is 37.6 Å². The Morgan fingerprint density at radius 2 is 0.852 bits per heavy atom. The fourth-order valence-corrected chi connectivity index (χ4v) is 14.2. The second-order valence-electron chi connectivity index (χ2n) is 23.7. The maximum absolute atomic E-state index is 14.2. The summed E-state index contributed by atoms with van der Waals surface area (Å²) in [6.45, 7) is 43.5. The van der Waals surface area contributed by atoms with E-state index in [4.69, 9.17) is 0 Å². The van der Waals surface area contributed by atoms with E-state index in [-0.39, 0.29) is 33.0 Å². The van der Waals surface area contributed by atoms with Gasteiger partial charge in [-0.05, 0) is 0 Å². The molecule has 61 heavy (non-hydrogen) atoms. The molecule has 0 radical (unpaired) electrons. The van der Waals surface area contributed by atoms with Crippen LogP contribution in [0.4, 0.5) is 0 Å². The van der Waals surface area contributed by atoms with E-state index in [0.717, 1.165) is 85.3 Å². The molecular formula is C57H89O3P. The van der Waals surface area contributed by atoms with Crippen LogP contribution in [0.1, 0.15) is 235 Å². The molecule has 0 aliphatic heterocycles. The quantitative estimate of drug-likeness (QED) is 0.104. The first-order valence-corrected chi connectivity index (χ1v) is 26.5. The Kier molecular flexibility index (Phi) is 13.3. The fourth-order valence-electron chi connectivity index (χ4n) is 10.5. The Morgan fingerprint density at radius 1 is 0.475 bits per heavy atom. The van der Waals surface area contributed by atoms with Crippen LogP contribution in [0.2, 0.25) is 0 Å². The van der Waals surface area contributed by atoms with Crippen LogP contribution in [0.25, 0.3) is 21.5 Å². The van der Waals surface area contributed by atoms with Crippen molar-refractivity contribution < 1.29 is 14.7 Å². The van der Waals surface area contributed by atoms with E-state index in [1.165, 1.54) is 33.0 Å². The predicted octanol–water partition coefficient (Wildman–Crippen LogP) is 16.1. The van der Waals surface area contributed by atoms with E-state index in [9.17, 15) is 14.7 Å². The minimum absolute atomic E-state index is 0.00516. The Morgan fingerprint density at radius 3 is 1.26 bits per heavy atom. The Hall–Kier alpha value is -2.29.